The molecule has 0 heterocycles. The van der Waals surface area contributed by atoms with Crippen molar-refractivity contribution in [2.75, 3.05) is 0 Å². The average molecular weight is 318 g/mol. The Hall–Kier alpha value is -0.160. The van der Waals surface area contributed by atoms with Crippen LogP contribution < -0.4 is 0 Å². The Kier molecular flexibility index (Phi) is 8.03. The highest BCUT2D eigenvalue weighted by atomic mass is 17.3. The van der Waals surface area contributed by atoms with Crippen LogP contribution in [0.4, 0.5) is 0 Å². The lowest BCUT2D eigenvalue weighted by atomic mass is 9.87. The van der Waals surface area contributed by atoms with Crippen molar-refractivity contribution in [2.24, 2.45) is 5.41 Å². The third-order valence-corrected chi connectivity index (χ3v) is 3.92. The van der Waals surface area contributed by atoms with E-state index in [9.17, 15) is 0 Å². The van der Waals surface area contributed by atoms with Crippen molar-refractivity contribution in [3.05, 3.63) is 0 Å². The van der Waals surface area contributed by atoms with Gasteiger partial charge in [0.05, 0.1) is 11.2 Å². The monoisotopic (exact) mass is 318 g/mol. The minimum absolute atomic E-state index is 0.308. The van der Waals surface area contributed by atoms with Gasteiger partial charge in [-0.15, -0.1) is 0 Å². The van der Waals surface area contributed by atoms with Gasteiger partial charge in [0.25, 0.3) is 0 Å². The highest BCUT2D eigenvalue weighted by Gasteiger charge is 2.45. The normalized spacial score (nSPS) is 14.5. The molecule has 0 saturated carbocycles. The molecule has 0 aliphatic rings. The Balaban J connectivity index is 4.88. The Morgan fingerprint density at radius 2 is 0.864 bits per heavy atom. The lowest BCUT2D eigenvalue weighted by Crippen LogP contribution is -2.48. The van der Waals surface area contributed by atoms with Crippen molar-refractivity contribution in [2.45, 2.75) is 112 Å². The third kappa shape index (κ3) is 7.40. The predicted molar refractivity (Wildman–Crippen MR) is 90.2 cm³/mol. The molecular weight excluding hydrogens is 280 g/mol. The number of hydrogen-bond acceptors (Lipinski definition) is 4. The van der Waals surface area contributed by atoms with Crippen LogP contribution in [0.15, 0.2) is 0 Å². The summed E-state index contributed by atoms with van der Waals surface area (Å²) < 4.78 is 0. The molecule has 0 radical (unpaired) electrons. The summed E-state index contributed by atoms with van der Waals surface area (Å²) in [6.45, 7) is 20.3. The van der Waals surface area contributed by atoms with Gasteiger partial charge in [0.15, 0.2) is 0 Å². The fourth-order valence-corrected chi connectivity index (χ4v) is 1.94. The Bertz CT molecular complexity index is 294. The summed E-state index contributed by atoms with van der Waals surface area (Å²) in [6.07, 6.45) is 3.89. The van der Waals surface area contributed by atoms with Crippen LogP contribution in [-0.4, -0.2) is 17.0 Å². The quantitative estimate of drug-likeness (QED) is 0.290. The van der Waals surface area contributed by atoms with Gasteiger partial charge < -0.3 is 0 Å². The van der Waals surface area contributed by atoms with E-state index in [2.05, 4.69) is 13.8 Å². The van der Waals surface area contributed by atoms with Crippen LogP contribution in [0.2, 0.25) is 0 Å². The molecule has 0 N–H and O–H groups in total. The molecule has 0 aliphatic carbocycles. The van der Waals surface area contributed by atoms with E-state index in [1.807, 2.05) is 55.4 Å². The molecule has 0 fully saturated rings. The molecule has 0 bridgehead atoms. The zero-order valence-corrected chi connectivity index (χ0v) is 16.5. The van der Waals surface area contributed by atoms with Crippen LogP contribution in [0.5, 0.6) is 0 Å². The number of hydrogen-bond donors (Lipinski definition) is 0. The second-order valence-corrected chi connectivity index (χ2v) is 8.55. The molecule has 0 atom stereocenters. The van der Waals surface area contributed by atoms with Gasteiger partial charge in [0.2, 0.25) is 5.79 Å². The molecule has 0 aromatic rings. The van der Waals surface area contributed by atoms with Crippen molar-refractivity contribution in [1.29, 1.82) is 0 Å². The molecule has 0 amide bonds. The van der Waals surface area contributed by atoms with Crippen LogP contribution >= 0.6 is 0 Å². The molecule has 0 aromatic heterocycles. The smallest absolute Gasteiger partial charge is 0.228 e. The van der Waals surface area contributed by atoms with E-state index in [1.54, 1.807) is 0 Å². The molecule has 0 saturated heterocycles. The van der Waals surface area contributed by atoms with E-state index in [1.165, 1.54) is 0 Å². The Morgan fingerprint density at radius 1 is 0.545 bits per heavy atom. The Morgan fingerprint density at radius 3 is 1.09 bits per heavy atom. The van der Waals surface area contributed by atoms with Gasteiger partial charge in [-0.25, -0.2) is 9.78 Å². The maximum Gasteiger partial charge on any atom is 0.235 e. The first-order valence-corrected chi connectivity index (χ1v) is 8.52. The highest BCUT2D eigenvalue weighted by molar-refractivity contribution is 4.79. The highest BCUT2D eigenvalue weighted by Crippen LogP contribution is 2.38. The summed E-state index contributed by atoms with van der Waals surface area (Å²) >= 11 is 0. The van der Waals surface area contributed by atoms with Crippen LogP contribution in [0, 0.1) is 5.41 Å². The van der Waals surface area contributed by atoms with Crippen LogP contribution in [0.3, 0.4) is 0 Å². The van der Waals surface area contributed by atoms with Crippen molar-refractivity contribution in [3.8, 4) is 0 Å². The van der Waals surface area contributed by atoms with Crippen molar-refractivity contribution < 1.29 is 19.6 Å². The zero-order valence-electron chi connectivity index (χ0n) is 16.5. The first-order chi connectivity index (χ1) is 9.79. The van der Waals surface area contributed by atoms with Crippen LogP contribution in [0.1, 0.15) is 94.9 Å². The van der Waals surface area contributed by atoms with Gasteiger partial charge in [0.1, 0.15) is 0 Å². The maximum atomic E-state index is 5.74. The molecule has 4 heteroatoms. The topological polar surface area (TPSA) is 36.9 Å². The molecule has 0 aromatic carbocycles. The van der Waals surface area contributed by atoms with Gasteiger partial charge in [-0.1, -0.05) is 47.5 Å². The van der Waals surface area contributed by atoms with Gasteiger partial charge in [-0.3, -0.25) is 0 Å². The first kappa shape index (κ1) is 21.8. The summed E-state index contributed by atoms with van der Waals surface area (Å²) in [5, 5.41) is 0. The lowest BCUT2D eigenvalue weighted by molar-refractivity contribution is -0.557. The van der Waals surface area contributed by atoms with Gasteiger partial charge in [-0.2, -0.15) is 9.78 Å². The van der Waals surface area contributed by atoms with E-state index in [4.69, 9.17) is 19.6 Å². The molecule has 4 nitrogen and oxygen atoms in total. The fourth-order valence-electron chi connectivity index (χ4n) is 1.94. The second-order valence-electron chi connectivity index (χ2n) is 8.55. The largest absolute Gasteiger partial charge is 0.235 e. The standard InChI is InChI=1S/C18H38O4/c1-11-13-16(6,7)19-21-18(10,15(3,4)5)22-20-17(8,9)14-12-2/h11-14H2,1-10H3. The molecule has 134 valence electrons. The number of rotatable bonds is 10. The van der Waals surface area contributed by atoms with Gasteiger partial charge in [-0.05, 0) is 47.5 Å². The summed E-state index contributed by atoms with van der Waals surface area (Å²) in [4.78, 5) is 22.8. The Labute approximate surface area is 137 Å². The van der Waals surface area contributed by atoms with Crippen molar-refractivity contribution in [3.63, 3.8) is 0 Å². The third-order valence-electron chi connectivity index (χ3n) is 3.92. The average Bonchev–Trinajstić information content (AvgIpc) is 2.33. The van der Waals surface area contributed by atoms with E-state index >= 15 is 0 Å². The van der Waals surface area contributed by atoms with E-state index < -0.39 is 5.79 Å². The maximum absolute atomic E-state index is 5.74. The fraction of sp³-hybridized carbons (Fsp3) is 1.00. The minimum atomic E-state index is -0.997. The summed E-state index contributed by atoms with van der Waals surface area (Å²) in [7, 11) is 0. The predicted octanol–water partition coefficient (Wildman–Crippen LogP) is 5.80. The molecule has 0 rings (SSSR count). The van der Waals surface area contributed by atoms with Crippen LogP contribution in [-0.2, 0) is 19.6 Å². The van der Waals surface area contributed by atoms with Crippen molar-refractivity contribution in [1.82, 2.24) is 0 Å². The first-order valence-electron chi connectivity index (χ1n) is 8.52. The molecule has 22 heavy (non-hydrogen) atoms. The SMILES string of the molecule is CCCC(C)(C)OOC(C)(OOC(C)(C)CCC)C(C)(C)C. The lowest BCUT2D eigenvalue weighted by Gasteiger charge is -2.41. The molecular formula is C18H38O4. The minimum Gasteiger partial charge on any atom is -0.228 e. The zero-order chi connectivity index (χ0) is 17.7. The summed E-state index contributed by atoms with van der Waals surface area (Å²) in [5.74, 6) is -0.997. The van der Waals surface area contributed by atoms with Gasteiger partial charge >= 0.3 is 0 Å². The van der Waals surface area contributed by atoms with Crippen LogP contribution in [0.25, 0.3) is 0 Å². The summed E-state index contributed by atoms with van der Waals surface area (Å²) in [6, 6.07) is 0. The van der Waals surface area contributed by atoms with E-state index in [0.29, 0.717) is 0 Å². The van der Waals surface area contributed by atoms with E-state index in [0.717, 1.165) is 25.7 Å². The van der Waals surface area contributed by atoms with Gasteiger partial charge in [0, 0.05) is 5.41 Å². The van der Waals surface area contributed by atoms with Crippen molar-refractivity contribution >= 4 is 0 Å². The molecule has 0 aliphatic heterocycles. The molecule has 0 spiro atoms. The summed E-state index contributed by atoms with van der Waals surface area (Å²) in [5.41, 5.74) is -1.02. The molecule has 0 unspecified atom stereocenters. The second kappa shape index (κ2) is 8.09. The van der Waals surface area contributed by atoms with E-state index in [-0.39, 0.29) is 16.6 Å².